The van der Waals surface area contributed by atoms with Gasteiger partial charge in [0.05, 0.1) is 18.2 Å². The molecule has 1 N–H and O–H groups in total. The minimum Gasteiger partial charge on any atom is -0.380 e. The third-order valence-electron chi connectivity index (χ3n) is 4.88. The normalized spacial score (nSPS) is 22.7. The maximum atomic E-state index is 12.2. The van der Waals surface area contributed by atoms with E-state index in [-0.39, 0.29) is 5.91 Å². The van der Waals surface area contributed by atoms with Crippen LogP contribution in [0.3, 0.4) is 0 Å². The van der Waals surface area contributed by atoms with E-state index in [0.717, 1.165) is 45.6 Å². The number of piperidine rings is 1. The van der Waals surface area contributed by atoms with E-state index < -0.39 is 0 Å². The van der Waals surface area contributed by atoms with E-state index in [0.29, 0.717) is 29.6 Å². The molecule has 23 heavy (non-hydrogen) atoms. The second-order valence-corrected chi connectivity index (χ2v) is 6.40. The van der Waals surface area contributed by atoms with Gasteiger partial charge in [-0.25, -0.2) is 0 Å². The number of benzene rings is 1. The van der Waals surface area contributed by atoms with Crippen LogP contribution in [0.5, 0.6) is 0 Å². The van der Waals surface area contributed by atoms with E-state index in [1.807, 2.05) is 0 Å². The molecule has 2 aliphatic rings. The lowest BCUT2D eigenvalue weighted by atomic mass is 9.95. The molecule has 5 heteroatoms. The number of ether oxygens (including phenoxy) is 1. The van der Waals surface area contributed by atoms with Crippen LogP contribution in [-0.4, -0.2) is 49.7 Å². The second kappa shape index (κ2) is 7.58. The van der Waals surface area contributed by atoms with Crippen LogP contribution >= 0.6 is 0 Å². The molecule has 0 radical (unpaired) electrons. The number of nitrogens with one attached hydrogen (secondary N) is 1. The average molecular weight is 313 g/mol. The highest BCUT2D eigenvalue weighted by molar-refractivity contribution is 5.94. The average Bonchev–Trinajstić information content (AvgIpc) is 3.15. The maximum absolute atomic E-state index is 12.2. The molecule has 5 nitrogen and oxygen atoms in total. The van der Waals surface area contributed by atoms with Crippen LogP contribution in [0.15, 0.2) is 24.3 Å². The highest BCUT2D eigenvalue weighted by Gasteiger charge is 2.27. The molecule has 122 valence electrons. The van der Waals surface area contributed by atoms with E-state index in [4.69, 9.17) is 10.00 Å². The third kappa shape index (κ3) is 4.10. The molecule has 0 bridgehead atoms. The monoisotopic (exact) mass is 313 g/mol. The molecule has 2 saturated heterocycles. The number of carbonyl (C=O) groups excluding carboxylic acids is 1. The summed E-state index contributed by atoms with van der Waals surface area (Å²) in [5, 5.41) is 11.9. The molecular formula is C18H23N3O2. The topological polar surface area (TPSA) is 65.4 Å². The van der Waals surface area contributed by atoms with Gasteiger partial charge >= 0.3 is 0 Å². The van der Waals surface area contributed by atoms with E-state index >= 15 is 0 Å². The van der Waals surface area contributed by atoms with Crippen molar-refractivity contribution in [2.24, 2.45) is 5.92 Å². The minimum atomic E-state index is -0.0891. The molecule has 1 atom stereocenters. The maximum Gasteiger partial charge on any atom is 0.251 e. The van der Waals surface area contributed by atoms with Gasteiger partial charge in [-0.05, 0) is 56.5 Å². The number of nitrogens with zero attached hydrogens (tertiary/aromatic N) is 2. The number of amides is 1. The lowest BCUT2D eigenvalue weighted by molar-refractivity contribution is 0.0911. The Balaban J connectivity index is 1.44. The Morgan fingerprint density at radius 2 is 2.17 bits per heavy atom. The van der Waals surface area contributed by atoms with Crippen molar-refractivity contribution in [3.8, 4) is 6.07 Å². The molecule has 0 saturated carbocycles. The Labute approximate surface area is 137 Å². The first-order valence-electron chi connectivity index (χ1n) is 8.36. The Kier molecular flexibility index (Phi) is 5.27. The fourth-order valence-corrected chi connectivity index (χ4v) is 3.40. The third-order valence-corrected chi connectivity index (χ3v) is 4.88. The van der Waals surface area contributed by atoms with E-state index in [2.05, 4.69) is 16.3 Å². The van der Waals surface area contributed by atoms with Crippen molar-refractivity contribution in [3.63, 3.8) is 0 Å². The Morgan fingerprint density at radius 1 is 1.35 bits per heavy atom. The molecule has 0 aromatic heterocycles. The van der Waals surface area contributed by atoms with Gasteiger partial charge in [0.15, 0.2) is 0 Å². The van der Waals surface area contributed by atoms with E-state index in [1.54, 1.807) is 24.3 Å². The Hall–Kier alpha value is -1.90. The van der Waals surface area contributed by atoms with Crippen molar-refractivity contribution in [3.05, 3.63) is 35.4 Å². The number of likely N-dealkylation sites (tertiary alicyclic amines) is 1. The van der Waals surface area contributed by atoms with Crippen LogP contribution in [-0.2, 0) is 4.74 Å². The van der Waals surface area contributed by atoms with Crippen LogP contribution in [0.2, 0.25) is 0 Å². The highest BCUT2D eigenvalue weighted by atomic mass is 16.5. The molecule has 2 heterocycles. The molecule has 1 aromatic carbocycles. The first kappa shape index (κ1) is 16.0. The fraction of sp³-hybridized carbons (Fsp3) is 0.556. The highest BCUT2D eigenvalue weighted by Crippen LogP contribution is 2.22. The lowest BCUT2D eigenvalue weighted by Crippen LogP contribution is -2.43. The molecule has 3 rings (SSSR count). The molecule has 1 amide bonds. The molecule has 2 fully saturated rings. The predicted octanol–water partition coefficient (Wildman–Crippen LogP) is 1.79. The second-order valence-electron chi connectivity index (χ2n) is 6.40. The standard InChI is InChI=1S/C18H23N3O2/c19-11-15-2-1-3-16(10-15)18(22)20-12-14-4-7-21(8-5-14)17-6-9-23-13-17/h1-3,10,14,17H,4-9,12-13H2,(H,20,22)/t17-/m1/s1. The van der Waals surface area contributed by atoms with Gasteiger partial charge in [0.1, 0.15) is 0 Å². The van der Waals surface area contributed by atoms with Gasteiger partial charge < -0.3 is 10.1 Å². The van der Waals surface area contributed by atoms with Crippen LogP contribution in [0.1, 0.15) is 35.2 Å². The van der Waals surface area contributed by atoms with Crippen LogP contribution in [0.4, 0.5) is 0 Å². The summed E-state index contributed by atoms with van der Waals surface area (Å²) < 4.78 is 5.46. The van der Waals surface area contributed by atoms with Crippen molar-refractivity contribution in [2.75, 3.05) is 32.8 Å². The number of nitriles is 1. The zero-order valence-corrected chi connectivity index (χ0v) is 13.3. The van der Waals surface area contributed by atoms with Crippen molar-refractivity contribution in [2.45, 2.75) is 25.3 Å². The Morgan fingerprint density at radius 3 is 2.87 bits per heavy atom. The zero-order valence-electron chi connectivity index (χ0n) is 13.3. The molecule has 0 unspecified atom stereocenters. The summed E-state index contributed by atoms with van der Waals surface area (Å²) in [6.45, 7) is 4.67. The van der Waals surface area contributed by atoms with Gasteiger partial charge in [-0.2, -0.15) is 5.26 Å². The number of rotatable bonds is 4. The minimum absolute atomic E-state index is 0.0891. The molecular weight excluding hydrogens is 290 g/mol. The summed E-state index contributed by atoms with van der Waals surface area (Å²) >= 11 is 0. The predicted molar refractivity (Wildman–Crippen MR) is 87.0 cm³/mol. The van der Waals surface area contributed by atoms with E-state index in [9.17, 15) is 4.79 Å². The molecule has 0 aliphatic carbocycles. The number of carbonyl (C=O) groups is 1. The summed E-state index contributed by atoms with van der Waals surface area (Å²) in [4.78, 5) is 14.7. The summed E-state index contributed by atoms with van der Waals surface area (Å²) in [5.74, 6) is 0.449. The van der Waals surface area contributed by atoms with Crippen molar-refractivity contribution in [1.82, 2.24) is 10.2 Å². The van der Waals surface area contributed by atoms with Gasteiger partial charge in [-0.3, -0.25) is 9.69 Å². The van der Waals surface area contributed by atoms with Gasteiger partial charge in [0, 0.05) is 24.8 Å². The van der Waals surface area contributed by atoms with Crippen molar-refractivity contribution >= 4 is 5.91 Å². The van der Waals surface area contributed by atoms with Crippen molar-refractivity contribution in [1.29, 1.82) is 5.26 Å². The van der Waals surface area contributed by atoms with E-state index in [1.165, 1.54) is 0 Å². The molecule has 0 spiro atoms. The molecule has 1 aromatic rings. The fourth-order valence-electron chi connectivity index (χ4n) is 3.40. The number of hydrogen-bond acceptors (Lipinski definition) is 4. The smallest absolute Gasteiger partial charge is 0.251 e. The first-order chi connectivity index (χ1) is 11.3. The molecule has 2 aliphatic heterocycles. The quantitative estimate of drug-likeness (QED) is 0.920. The van der Waals surface area contributed by atoms with Gasteiger partial charge in [-0.15, -0.1) is 0 Å². The van der Waals surface area contributed by atoms with Crippen LogP contribution in [0.25, 0.3) is 0 Å². The number of hydrogen-bond donors (Lipinski definition) is 1. The first-order valence-corrected chi connectivity index (χ1v) is 8.36. The zero-order chi connectivity index (χ0) is 16.1. The van der Waals surface area contributed by atoms with Crippen LogP contribution in [0, 0.1) is 17.2 Å². The van der Waals surface area contributed by atoms with Gasteiger partial charge in [-0.1, -0.05) is 6.07 Å². The summed E-state index contributed by atoms with van der Waals surface area (Å²) in [7, 11) is 0. The largest absolute Gasteiger partial charge is 0.380 e. The SMILES string of the molecule is N#Cc1cccc(C(=O)NCC2CCN([C@@H]3CCOC3)CC2)c1. The Bertz CT molecular complexity index is 582. The lowest BCUT2D eigenvalue weighted by Gasteiger charge is -2.35. The van der Waals surface area contributed by atoms with Crippen molar-refractivity contribution < 1.29 is 9.53 Å². The van der Waals surface area contributed by atoms with Crippen LogP contribution < -0.4 is 5.32 Å². The summed E-state index contributed by atoms with van der Waals surface area (Å²) in [6.07, 6.45) is 3.39. The van der Waals surface area contributed by atoms with Gasteiger partial charge in [0.25, 0.3) is 5.91 Å². The summed E-state index contributed by atoms with van der Waals surface area (Å²) in [5.41, 5.74) is 1.08. The summed E-state index contributed by atoms with van der Waals surface area (Å²) in [6, 6.07) is 9.50. The van der Waals surface area contributed by atoms with Gasteiger partial charge in [0.2, 0.25) is 0 Å².